The Morgan fingerprint density at radius 3 is 2.48 bits per heavy atom. The smallest absolute Gasteiger partial charge is 0.135 e. The van der Waals surface area contributed by atoms with Crippen LogP contribution in [-0.4, -0.2) is 55.4 Å². The zero-order chi connectivity index (χ0) is 15.4. The van der Waals surface area contributed by atoms with Gasteiger partial charge in [0.05, 0.1) is 8.95 Å². The van der Waals surface area contributed by atoms with Gasteiger partial charge in [-0.25, -0.2) is 0 Å². The minimum Gasteiger partial charge on any atom is -0.490 e. The molecule has 1 atom stereocenters. The van der Waals surface area contributed by atoms with Gasteiger partial charge >= 0.3 is 0 Å². The maximum absolute atomic E-state index is 10.1. The van der Waals surface area contributed by atoms with Crippen molar-refractivity contribution >= 4 is 63.7 Å². The van der Waals surface area contributed by atoms with Crippen molar-refractivity contribution in [2.45, 2.75) is 6.10 Å². The number of nitrogens with one attached hydrogen (secondary N) is 1. The van der Waals surface area contributed by atoms with Gasteiger partial charge < -0.3 is 15.2 Å². The fourth-order valence-corrected chi connectivity index (χ4v) is 4.17. The molecule has 4 nitrogen and oxygen atoms in total. The van der Waals surface area contributed by atoms with Crippen LogP contribution in [0.5, 0.6) is 5.75 Å². The molecular weight excluding hydrogens is 536 g/mol. The summed E-state index contributed by atoms with van der Waals surface area (Å²) in [6.07, 6.45) is -0.504. The van der Waals surface area contributed by atoms with Crippen LogP contribution < -0.4 is 10.1 Å². The van der Waals surface area contributed by atoms with Crippen molar-refractivity contribution in [2.75, 3.05) is 39.3 Å². The molecule has 1 saturated heterocycles. The lowest BCUT2D eigenvalue weighted by molar-refractivity contribution is 0.0638. The van der Waals surface area contributed by atoms with Crippen LogP contribution in [-0.2, 0) is 0 Å². The Hall–Kier alpha value is 0.820. The first kappa shape index (κ1) is 18.2. The molecule has 118 valence electrons. The van der Waals surface area contributed by atoms with Crippen LogP contribution in [0.15, 0.2) is 24.0 Å². The Labute approximate surface area is 158 Å². The van der Waals surface area contributed by atoms with Crippen LogP contribution in [0, 0.1) is 0 Å². The van der Waals surface area contributed by atoms with Crippen molar-refractivity contribution in [3.63, 3.8) is 0 Å². The average Bonchev–Trinajstić information content (AvgIpc) is 2.48. The number of aliphatic hydroxyl groups is 1. The third kappa shape index (κ3) is 5.16. The van der Waals surface area contributed by atoms with Crippen LogP contribution in [0.25, 0.3) is 0 Å². The Bertz CT molecular complexity index is 496. The number of aliphatic hydroxyl groups excluding tert-OH is 1. The summed E-state index contributed by atoms with van der Waals surface area (Å²) in [6.45, 7) is 4.80. The summed E-state index contributed by atoms with van der Waals surface area (Å²) >= 11 is 13.9. The third-order valence-electron chi connectivity index (χ3n) is 3.18. The maximum Gasteiger partial charge on any atom is 0.135 e. The first-order chi connectivity index (χ1) is 9.99. The van der Waals surface area contributed by atoms with Gasteiger partial charge in [-0.2, -0.15) is 0 Å². The van der Waals surface area contributed by atoms with E-state index in [0.717, 1.165) is 44.1 Å². The minimum absolute atomic E-state index is 0.267. The van der Waals surface area contributed by atoms with Gasteiger partial charge in [-0.1, -0.05) is 0 Å². The number of β-amino-alcohol motifs (C(OH)–C–C–N with tert-alkyl or cyclic N) is 1. The van der Waals surface area contributed by atoms with E-state index in [0.29, 0.717) is 12.3 Å². The average molecular weight is 552 g/mol. The predicted molar refractivity (Wildman–Crippen MR) is 98.1 cm³/mol. The molecule has 1 aliphatic heterocycles. The molecule has 0 bridgehead atoms. The van der Waals surface area contributed by atoms with Gasteiger partial charge in [-0.3, -0.25) is 4.90 Å². The third-order valence-corrected chi connectivity index (χ3v) is 7.80. The lowest BCUT2D eigenvalue weighted by atomic mass is 10.3. The molecule has 8 heteroatoms. The topological polar surface area (TPSA) is 44.7 Å². The molecule has 1 fully saturated rings. The van der Waals surface area contributed by atoms with E-state index >= 15 is 0 Å². The predicted octanol–water partition coefficient (Wildman–Crippen LogP) is 3.38. The summed E-state index contributed by atoms with van der Waals surface area (Å²) in [5, 5.41) is 13.4. The second-order valence-corrected chi connectivity index (χ2v) is 8.05. The Morgan fingerprint density at radius 2 is 1.81 bits per heavy atom. The fourth-order valence-electron chi connectivity index (χ4n) is 2.09. The Kier molecular flexibility index (Phi) is 7.45. The van der Waals surface area contributed by atoms with E-state index in [-0.39, 0.29) is 6.61 Å². The molecule has 1 aromatic carbocycles. The molecule has 0 spiro atoms. The summed E-state index contributed by atoms with van der Waals surface area (Å²) in [5.74, 6) is 0.691. The van der Waals surface area contributed by atoms with Gasteiger partial charge in [-0.15, -0.1) is 0 Å². The van der Waals surface area contributed by atoms with E-state index in [1.165, 1.54) is 0 Å². The van der Waals surface area contributed by atoms with Crippen molar-refractivity contribution in [3.8, 4) is 5.75 Å². The molecule has 1 aliphatic rings. The quantitative estimate of drug-likeness (QED) is 0.435. The number of halogens is 4. The summed E-state index contributed by atoms with van der Waals surface area (Å²) in [4.78, 5) is 2.24. The molecule has 2 N–H and O–H groups in total. The highest BCUT2D eigenvalue weighted by Gasteiger charge is 2.17. The number of hydrogen-bond donors (Lipinski definition) is 2. The summed E-state index contributed by atoms with van der Waals surface area (Å²) in [5.41, 5.74) is 0. The molecule has 0 amide bonds. The lowest BCUT2D eigenvalue weighted by Crippen LogP contribution is -2.47. The molecule has 0 aliphatic carbocycles. The van der Waals surface area contributed by atoms with Gasteiger partial charge in [0.1, 0.15) is 18.5 Å². The minimum atomic E-state index is -0.504. The Balaban J connectivity index is 1.90. The number of ether oxygens (including phenoxy) is 1. The molecular formula is C13H16Br4N2O2. The standard InChI is InChI=1S/C13H16Br4N2O2/c14-9-5-10(12(16)13(17)11(9)15)21-7-8(20)6-19-3-1-18-2-4-19/h5,8,18,20H,1-4,6-7H2. The molecule has 0 saturated carbocycles. The zero-order valence-electron chi connectivity index (χ0n) is 11.2. The summed E-state index contributed by atoms with van der Waals surface area (Å²) in [7, 11) is 0. The highest BCUT2D eigenvalue weighted by molar-refractivity contribution is 9.15. The SMILES string of the molecule is OC(COc1cc(Br)c(Br)c(Br)c1Br)CN1CCNCC1. The number of piperazine rings is 1. The highest BCUT2D eigenvalue weighted by Crippen LogP contribution is 2.42. The van der Waals surface area contributed by atoms with E-state index in [9.17, 15) is 5.11 Å². The molecule has 21 heavy (non-hydrogen) atoms. The van der Waals surface area contributed by atoms with Crippen LogP contribution in [0.1, 0.15) is 0 Å². The normalized spacial score (nSPS) is 17.8. The molecule has 0 aromatic heterocycles. The van der Waals surface area contributed by atoms with Crippen molar-refractivity contribution in [1.29, 1.82) is 0 Å². The number of nitrogens with zero attached hydrogens (tertiary/aromatic N) is 1. The van der Waals surface area contributed by atoms with Gasteiger partial charge in [0.15, 0.2) is 0 Å². The van der Waals surface area contributed by atoms with E-state index in [2.05, 4.69) is 73.9 Å². The summed E-state index contributed by atoms with van der Waals surface area (Å²) in [6, 6.07) is 1.87. The molecule has 1 aromatic rings. The van der Waals surface area contributed by atoms with Crippen molar-refractivity contribution in [3.05, 3.63) is 24.0 Å². The first-order valence-electron chi connectivity index (χ1n) is 6.56. The van der Waals surface area contributed by atoms with E-state index in [1.54, 1.807) is 0 Å². The van der Waals surface area contributed by atoms with Gasteiger partial charge in [-0.05, 0) is 69.8 Å². The largest absolute Gasteiger partial charge is 0.490 e. The number of benzene rings is 1. The van der Waals surface area contributed by atoms with E-state index in [4.69, 9.17) is 4.74 Å². The second kappa shape index (κ2) is 8.61. The second-order valence-electron chi connectivity index (χ2n) is 4.81. The van der Waals surface area contributed by atoms with Crippen molar-refractivity contribution in [2.24, 2.45) is 0 Å². The monoisotopic (exact) mass is 548 g/mol. The van der Waals surface area contributed by atoms with Gasteiger partial charge in [0.2, 0.25) is 0 Å². The maximum atomic E-state index is 10.1. The Morgan fingerprint density at radius 1 is 1.14 bits per heavy atom. The fraction of sp³-hybridized carbons (Fsp3) is 0.538. The number of hydrogen-bond acceptors (Lipinski definition) is 4. The zero-order valence-corrected chi connectivity index (χ0v) is 17.6. The lowest BCUT2D eigenvalue weighted by Gasteiger charge is -2.29. The van der Waals surface area contributed by atoms with Crippen LogP contribution in [0.4, 0.5) is 0 Å². The summed E-state index contributed by atoms with van der Waals surface area (Å²) < 4.78 is 9.25. The molecule has 0 radical (unpaired) electrons. The van der Waals surface area contributed by atoms with E-state index < -0.39 is 6.10 Å². The van der Waals surface area contributed by atoms with Crippen molar-refractivity contribution in [1.82, 2.24) is 10.2 Å². The van der Waals surface area contributed by atoms with Gasteiger partial charge in [0, 0.05) is 41.7 Å². The van der Waals surface area contributed by atoms with Crippen LogP contribution in [0.2, 0.25) is 0 Å². The van der Waals surface area contributed by atoms with Gasteiger partial charge in [0.25, 0.3) is 0 Å². The number of rotatable bonds is 5. The van der Waals surface area contributed by atoms with E-state index in [1.807, 2.05) is 6.07 Å². The van der Waals surface area contributed by atoms with Crippen molar-refractivity contribution < 1.29 is 9.84 Å². The van der Waals surface area contributed by atoms with Crippen LogP contribution >= 0.6 is 63.7 Å². The molecule has 2 rings (SSSR count). The highest BCUT2D eigenvalue weighted by atomic mass is 79.9. The molecule has 1 unspecified atom stereocenters. The first-order valence-corrected chi connectivity index (χ1v) is 9.73. The molecule has 1 heterocycles. The van der Waals surface area contributed by atoms with Crippen LogP contribution in [0.3, 0.4) is 0 Å².